The predicted octanol–water partition coefficient (Wildman–Crippen LogP) is 0.001000. The van der Waals surface area contributed by atoms with Gasteiger partial charge in [-0.05, 0) is 10.2 Å². The summed E-state index contributed by atoms with van der Waals surface area (Å²) in [6, 6.07) is 3.23. The van der Waals surface area contributed by atoms with Crippen LogP contribution in [-0.2, 0) is 21.1 Å². The third kappa shape index (κ3) is 60.5. The van der Waals surface area contributed by atoms with Crippen LogP contribution in [0.25, 0.3) is 0 Å². The molecule has 86 valence electrons. The Morgan fingerprint density at radius 1 is 1.08 bits per heavy atom. The van der Waals surface area contributed by atoms with Crippen LogP contribution in [0.2, 0.25) is 38.3 Å². The first-order chi connectivity index (χ1) is 5.83. The Morgan fingerprint density at radius 3 is 1.38 bits per heavy atom. The van der Waals surface area contributed by atoms with Crippen molar-refractivity contribution in [2.75, 3.05) is 0 Å². The molecule has 0 fully saturated rings. The second kappa shape index (κ2) is 37.8. The molecular weight excluding hydrogens is 404 g/mol. The maximum Gasteiger partial charge on any atom is 0.0415 e. The van der Waals surface area contributed by atoms with E-state index in [0.29, 0.717) is 19.0 Å². The molecule has 0 aromatic heterocycles. The Hall–Kier alpha value is 1.30. The van der Waals surface area contributed by atoms with Gasteiger partial charge >= 0.3 is 0 Å². The van der Waals surface area contributed by atoms with Gasteiger partial charge in [-0.15, -0.1) is 12.3 Å². The molecule has 0 nitrogen and oxygen atoms in total. The summed E-state index contributed by atoms with van der Waals surface area (Å²) in [5.74, 6) is 0. The Kier molecular flexibility index (Phi) is 69.3. The van der Waals surface area contributed by atoms with E-state index in [2.05, 4.69) is 32.8 Å². The molecule has 5 heteroatoms. The molecule has 13 heavy (non-hydrogen) atoms. The van der Waals surface area contributed by atoms with Crippen LogP contribution in [0.4, 0.5) is 0 Å². The van der Waals surface area contributed by atoms with Crippen molar-refractivity contribution in [3.05, 3.63) is 12.3 Å². The van der Waals surface area contributed by atoms with Gasteiger partial charge in [0, 0.05) is 49.6 Å². The van der Waals surface area contributed by atoms with E-state index < -0.39 is 0 Å². The van der Waals surface area contributed by atoms with Crippen LogP contribution in [0.3, 0.4) is 0 Å². The number of hydrogen-bond acceptors (Lipinski definition) is 0. The normalized spacial score (nSPS) is 9.54. The first-order valence-corrected chi connectivity index (χ1v) is 14.5. The summed E-state index contributed by atoms with van der Waals surface area (Å²) in [6.45, 7) is 12.7. The Bertz CT molecular complexity index is 58.1. The summed E-state index contributed by atoms with van der Waals surface area (Å²) >= 11 is 0. The molecule has 0 radical (unpaired) electrons. The fraction of sp³-hybridized carbons (Fsp3) is 0.750. The molecule has 0 atom stereocenters. The van der Waals surface area contributed by atoms with Gasteiger partial charge < -0.3 is 0 Å². The van der Waals surface area contributed by atoms with E-state index in [0.717, 1.165) is 0 Å². The van der Waals surface area contributed by atoms with E-state index in [9.17, 15) is 0 Å². The van der Waals surface area contributed by atoms with Crippen molar-refractivity contribution in [3.63, 3.8) is 0 Å². The van der Waals surface area contributed by atoms with E-state index in [4.69, 9.17) is 0 Å². The minimum Gasteiger partial charge on any atom is -0.109 e. The topological polar surface area (TPSA) is 0 Å². The molecule has 0 aliphatic rings. The molecule has 0 spiro atoms. The quantitative estimate of drug-likeness (QED) is 0.434. The van der Waals surface area contributed by atoms with Crippen molar-refractivity contribution in [1.82, 2.24) is 0 Å². The maximum absolute atomic E-state index is 3.54. The zero-order chi connectivity index (χ0) is 10.2. The van der Waals surface area contributed by atoms with E-state index >= 15 is 0 Å². The SMILES string of the molecule is C=C[SiH2]C.C[SiH2]CC[SiH2]C.C[SiH3].[Pt]. The third-order valence-electron chi connectivity index (χ3n) is 1.25. The second-order valence-electron chi connectivity index (χ2n) is 2.40. The van der Waals surface area contributed by atoms with Gasteiger partial charge in [-0.3, -0.25) is 0 Å². The molecule has 0 aromatic rings. The molecule has 0 saturated heterocycles. The third-order valence-corrected chi connectivity index (χ3v) is 5.24. The summed E-state index contributed by atoms with van der Waals surface area (Å²) in [5, 5.41) is 0. The molecule has 0 unspecified atom stereocenters. The summed E-state index contributed by atoms with van der Waals surface area (Å²) in [6.07, 6.45) is 0. The van der Waals surface area contributed by atoms with Crippen LogP contribution >= 0.6 is 0 Å². The summed E-state index contributed by atoms with van der Waals surface area (Å²) in [4.78, 5) is 0. The molecule has 0 saturated carbocycles. The first-order valence-electron chi connectivity index (χ1n) is 5.44. The van der Waals surface area contributed by atoms with Crippen LogP contribution in [0, 0.1) is 0 Å². The summed E-state index contributed by atoms with van der Waals surface area (Å²) in [5.41, 5.74) is 2.01. The summed E-state index contributed by atoms with van der Waals surface area (Å²) < 4.78 is 0. The minimum absolute atomic E-state index is 0. The van der Waals surface area contributed by atoms with Gasteiger partial charge in [0.05, 0.1) is 0 Å². The van der Waals surface area contributed by atoms with Crippen LogP contribution in [-0.4, -0.2) is 38.8 Å². The van der Waals surface area contributed by atoms with Gasteiger partial charge in [-0.2, -0.15) is 0 Å². The molecule has 0 heterocycles. The number of hydrogen-bond donors (Lipinski definition) is 0. The molecule has 0 rings (SSSR count). The van der Waals surface area contributed by atoms with Crippen LogP contribution in [0.5, 0.6) is 0 Å². The van der Waals surface area contributed by atoms with Crippen LogP contribution < -0.4 is 0 Å². The van der Waals surface area contributed by atoms with Crippen LogP contribution in [0.1, 0.15) is 0 Å². The largest absolute Gasteiger partial charge is 0.109 e. The van der Waals surface area contributed by atoms with Gasteiger partial charge in [0.2, 0.25) is 0 Å². The molecular formula is C8H28PtSi4. The van der Waals surface area contributed by atoms with E-state index in [1.807, 2.05) is 5.70 Å². The fourth-order valence-corrected chi connectivity index (χ4v) is 4.50. The zero-order valence-electron chi connectivity index (χ0n) is 10.1. The maximum atomic E-state index is 3.54. The van der Waals surface area contributed by atoms with Crippen molar-refractivity contribution >= 4 is 38.8 Å². The summed E-state index contributed by atoms with van der Waals surface area (Å²) in [7, 11) is 2.37. The average molecular weight is 432 g/mol. The van der Waals surface area contributed by atoms with Crippen molar-refractivity contribution in [2.45, 2.75) is 38.3 Å². The zero-order valence-corrected chi connectivity index (χ0v) is 18.7. The van der Waals surface area contributed by atoms with Crippen LogP contribution in [0.15, 0.2) is 12.3 Å². The molecule has 0 aliphatic carbocycles. The minimum atomic E-state index is 0. The van der Waals surface area contributed by atoms with E-state index in [1.54, 1.807) is 12.1 Å². The second-order valence-corrected chi connectivity index (χ2v) is 7.21. The molecule has 0 bridgehead atoms. The average Bonchev–Trinajstić information content (AvgIpc) is 2.18. The fourth-order valence-electron chi connectivity index (χ4n) is 0.500. The number of rotatable bonds is 4. The Morgan fingerprint density at radius 2 is 1.31 bits per heavy atom. The van der Waals surface area contributed by atoms with Gasteiger partial charge in [0.25, 0.3) is 0 Å². The van der Waals surface area contributed by atoms with Gasteiger partial charge in [0.1, 0.15) is 0 Å². The van der Waals surface area contributed by atoms with Gasteiger partial charge in [-0.25, -0.2) is 0 Å². The predicted molar refractivity (Wildman–Crippen MR) is 78.8 cm³/mol. The van der Waals surface area contributed by atoms with Crippen molar-refractivity contribution in [2.24, 2.45) is 0 Å². The van der Waals surface area contributed by atoms with E-state index in [-0.39, 0.29) is 30.6 Å². The molecule has 0 aromatic carbocycles. The monoisotopic (exact) mass is 431 g/mol. The molecule has 0 N–H and O–H groups in total. The Labute approximate surface area is 110 Å². The first kappa shape index (κ1) is 23.8. The van der Waals surface area contributed by atoms with Crippen molar-refractivity contribution < 1.29 is 21.1 Å². The van der Waals surface area contributed by atoms with Gasteiger partial charge in [0.15, 0.2) is 0 Å². The van der Waals surface area contributed by atoms with Gasteiger partial charge in [-0.1, -0.05) is 38.3 Å². The smallest absolute Gasteiger partial charge is 0.0415 e. The van der Waals surface area contributed by atoms with E-state index in [1.165, 1.54) is 10.2 Å². The molecule has 0 amide bonds. The van der Waals surface area contributed by atoms with Crippen molar-refractivity contribution in [3.8, 4) is 0 Å². The molecule has 0 aliphatic heterocycles. The van der Waals surface area contributed by atoms with Crippen molar-refractivity contribution in [1.29, 1.82) is 0 Å². The standard InChI is InChI=1S/C4H14Si2.C3H8Si.CH6Si.Pt/c1-5-3-4-6-2;1-3-4-2;1-2;/h3-6H2,1-2H3;3H,1,4H2,2H3;1-2H3;. The Balaban J connectivity index is -0.0000000512.